The van der Waals surface area contributed by atoms with E-state index in [-0.39, 0.29) is 18.1 Å². The van der Waals surface area contributed by atoms with E-state index in [1.54, 1.807) is 11.1 Å². The van der Waals surface area contributed by atoms with E-state index >= 15 is 0 Å². The maximum absolute atomic E-state index is 12.9. The summed E-state index contributed by atoms with van der Waals surface area (Å²) in [5.41, 5.74) is 2.53. The number of nitrogens with zero attached hydrogens (tertiary/aromatic N) is 4. The van der Waals surface area contributed by atoms with Crippen molar-refractivity contribution >= 4 is 23.4 Å². The number of hydrogen-bond acceptors (Lipinski definition) is 3. The fourth-order valence-electron chi connectivity index (χ4n) is 3.97. The number of carbonyl (C=O) groups is 2. The highest BCUT2D eigenvalue weighted by molar-refractivity contribution is 5.96. The lowest BCUT2D eigenvalue weighted by molar-refractivity contribution is 0.149. The molecule has 2 aliphatic rings. The average Bonchev–Trinajstić information content (AvgIpc) is 3.35. The minimum Gasteiger partial charge on any atom is -0.336 e. The van der Waals surface area contributed by atoms with Crippen LogP contribution < -0.4 is 15.5 Å². The Balaban J connectivity index is 1.47. The highest BCUT2D eigenvalue weighted by Gasteiger charge is 2.30. The summed E-state index contributed by atoms with van der Waals surface area (Å²) >= 11 is 0. The molecule has 8 nitrogen and oxygen atoms in total. The Bertz CT molecular complexity index is 866. The first kappa shape index (κ1) is 18.3. The SMILES string of the molecule is Cc1ccc(NC(=O)N2CCC(C)C(n3ccnc3)C2)cc1N1CCNC1=O. The number of urea groups is 2. The van der Waals surface area contributed by atoms with Crippen LogP contribution in [0.5, 0.6) is 0 Å². The summed E-state index contributed by atoms with van der Waals surface area (Å²) in [4.78, 5) is 32.6. The molecule has 2 unspecified atom stereocenters. The smallest absolute Gasteiger partial charge is 0.322 e. The van der Waals surface area contributed by atoms with Crippen LogP contribution in [0.2, 0.25) is 0 Å². The minimum atomic E-state index is -0.113. The molecule has 0 bridgehead atoms. The fraction of sp³-hybridized carbons (Fsp3) is 0.450. The molecular formula is C20H26N6O2. The van der Waals surface area contributed by atoms with Gasteiger partial charge in [0.25, 0.3) is 0 Å². The van der Waals surface area contributed by atoms with Gasteiger partial charge in [-0.15, -0.1) is 0 Å². The zero-order valence-corrected chi connectivity index (χ0v) is 16.3. The van der Waals surface area contributed by atoms with Gasteiger partial charge in [-0.25, -0.2) is 14.6 Å². The number of carbonyl (C=O) groups excluding carboxylic acids is 2. The Kier molecular flexibility index (Phi) is 4.93. The third-order valence-electron chi connectivity index (χ3n) is 5.72. The lowest BCUT2D eigenvalue weighted by Crippen LogP contribution is -2.45. The number of piperidine rings is 1. The number of benzene rings is 1. The molecule has 148 valence electrons. The second kappa shape index (κ2) is 7.53. The first-order valence-corrected chi connectivity index (χ1v) is 9.72. The van der Waals surface area contributed by atoms with Crippen LogP contribution in [-0.2, 0) is 0 Å². The Morgan fingerprint density at radius 2 is 2.18 bits per heavy atom. The number of aryl methyl sites for hydroxylation is 1. The van der Waals surface area contributed by atoms with Crippen LogP contribution in [0.1, 0.15) is 24.9 Å². The molecule has 28 heavy (non-hydrogen) atoms. The fourth-order valence-corrected chi connectivity index (χ4v) is 3.97. The number of aromatic nitrogens is 2. The molecule has 0 aliphatic carbocycles. The van der Waals surface area contributed by atoms with E-state index in [0.717, 1.165) is 24.2 Å². The molecule has 1 aromatic carbocycles. The van der Waals surface area contributed by atoms with Gasteiger partial charge in [-0.1, -0.05) is 13.0 Å². The van der Waals surface area contributed by atoms with Gasteiger partial charge < -0.3 is 20.1 Å². The molecule has 2 aliphatic heterocycles. The van der Waals surface area contributed by atoms with Gasteiger partial charge in [-0.05, 0) is 37.0 Å². The normalized spacial score (nSPS) is 22.3. The second-order valence-electron chi connectivity index (χ2n) is 7.60. The summed E-state index contributed by atoms with van der Waals surface area (Å²) in [6, 6.07) is 5.70. The molecule has 2 N–H and O–H groups in total. The summed E-state index contributed by atoms with van der Waals surface area (Å²) in [6.07, 6.45) is 6.49. The predicted molar refractivity (Wildman–Crippen MR) is 108 cm³/mol. The average molecular weight is 382 g/mol. The topological polar surface area (TPSA) is 82.5 Å². The summed E-state index contributed by atoms with van der Waals surface area (Å²) in [6.45, 7) is 6.83. The van der Waals surface area contributed by atoms with E-state index in [1.807, 2.05) is 42.5 Å². The molecule has 2 saturated heterocycles. The van der Waals surface area contributed by atoms with Gasteiger partial charge in [0.05, 0.1) is 18.1 Å². The molecule has 0 spiro atoms. The first-order chi connectivity index (χ1) is 13.5. The van der Waals surface area contributed by atoms with Crippen LogP contribution in [-0.4, -0.2) is 52.7 Å². The van der Waals surface area contributed by atoms with Crippen molar-refractivity contribution in [1.29, 1.82) is 0 Å². The Labute approximate surface area is 164 Å². The second-order valence-corrected chi connectivity index (χ2v) is 7.60. The summed E-state index contributed by atoms with van der Waals surface area (Å²) in [5, 5.41) is 5.82. The standard InChI is InChI=1S/C20H26N6O2/c1-14-3-4-16(11-17(14)26-10-7-22-19(26)27)23-20(28)24-8-5-15(2)18(12-24)25-9-6-21-13-25/h3-4,6,9,11,13,15,18H,5,7-8,10,12H2,1-2H3,(H,22,27)(H,23,28). The van der Waals surface area contributed by atoms with Crippen molar-refractivity contribution in [2.24, 2.45) is 5.92 Å². The number of hydrogen-bond donors (Lipinski definition) is 2. The van der Waals surface area contributed by atoms with E-state index < -0.39 is 0 Å². The lowest BCUT2D eigenvalue weighted by atomic mass is 9.93. The van der Waals surface area contributed by atoms with Crippen LogP contribution in [0, 0.1) is 12.8 Å². The number of anilines is 2. The quantitative estimate of drug-likeness (QED) is 0.856. The number of imidazole rings is 1. The Hall–Kier alpha value is -3.03. The van der Waals surface area contributed by atoms with E-state index in [0.29, 0.717) is 31.2 Å². The van der Waals surface area contributed by atoms with Crippen molar-refractivity contribution < 1.29 is 9.59 Å². The summed E-state index contributed by atoms with van der Waals surface area (Å²) < 4.78 is 2.08. The van der Waals surface area contributed by atoms with Crippen molar-refractivity contribution in [3.05, 3.63) is 42.5 Å². The van der Waals surface area contributed by atoms with Crippen LogP contribution in [0.4, 0.5) is 21.0 Å². The number of likely N-dealkylation sites (tertiary alicyclic amines) is 1. The van der Waals surface area contributed by atoms with Gasteiger partial charge in [0.2, 0.25) is 0 Å². The first-order valence-electron chi connectivity index (χ1n) is 9.72. The largest absolute Gasteiger partial charge is 0.336 e. The van der Waals surface area contributed by atoms with E-state index in [2.05, 4.69) is 27.1 Å². The van der Waals surface area contributed by atoms with Crippen molar-refractivity contribution in [2.75, 3.05) is 36.4 Å². The summed E-state index contributed by atoms with van der Waals surface area (Å²) in [5.74, 6) is 0.484. The minimum absolute atomic E-state index is 0.0974. The van der Waals surface area contributed by atoms with E-state index in [4.69, 9.17) is 0 Å². The van der Waals surface area contributed by atoms with Gasteiger partial charge in [0, 0.05) is 44.3 Å². The van der Waals surface area contributed by atoms with Crippen molar-refractivity contribution in [3.63, 3.8) is 0 Å². The van der Waals surface area contributed by atoms with Gasteiger partial charge in [-0.2, -0.15) is 0 Å². The molecule has 4 amide bonds. The lowest BCUT2D eigenvalue weighted by Gasteiger charge is -2.37. The van der Waals surface area contributed by atoms with Gasteiger partial charge >= 0.3 is 12.1 Å². The van der Waals surface area contributed by atoms with Crippen molar-refractivity contribution in [2.45, 2.75) is 26.3 Å². The number of amides is 4. The molecule has 0 radical (unpaired) electrons. The molecule has 3 heterocycles. The third kappa shape index (κ3) is 3.54. The highest BCUT2D eigenvalue weighted by atomic mass is 16.2. The van der Waals surface area contributed by atoms with Gasteiger partial charge in [0.1, 0.15) is 0 Å². The van der Waals surface area contributed by atoms with Gasteiger partial charge in [-0.3, -0.25) is 4.90 Å². The van der Waals surface area contributed by atoms with Gasteiger partial charge in [0.15, 0.2) is 0 Å². The Morgan fingerprint density at radius 3 is 2.89 bits per heavy atom. The Morgan fingerprint density at radius 1 is 1.32 bits per heavy atom. The molecule has 4 rings (SSSR count). The third-order valence-corrected chi connectivity index (χ3v) is 5.72. The monoisotopic (exact) mass is 382 g/mol. The molecular weight excluding hydrogens is 356 g/mol. The zero-order chi connectivity index (χ0) is 19.7. The van der Waals surface area contributed by atoms with E-state index in [1.165, 1.54) is 0 Å². The maximum atomic E-state index is 12.9. The maximum Gasteiger partial charge on any atom is 0.322 e. The number of nitrogens with one attached hydrogen (secondary N) is 2. The van der Waals surface area contributed by atoms with Crippen LogP contribution in [0.15, 0.2) is 36.9 Å². The molecule has 8 heteroatoms. The molecule has 2 aromatic rings. The van der Waals surface area contributed by atoms with Crippen LogP contribution in [0.25, 0.3) is 0 Å². The molecule has 0 saturated carbocycles. The van der Waals surface area contributed by atoms with Crippen molar-refractivity contribution in [3.8, 4) is 0 Å². The highest BCUT2D eigenvalue weighted by Crippen LogP contribution is 2.29. The van der Waals surface area contributed by atoms with Crippen molar-refractivity contribution in [1.82, 2.24) is 19.8 Å². The van der Waals surface area contributed by atoms with E-state index in [9.17, 15) is 9.59 Å². The summed E-state index contributed by atoms with van der Waals surface area (Å²) in [7, 11) is 0. The predicted octanol–water partition coefficient (Wildman–Crippen LogP) is 2.84. The molecule has 2 atom stereocenters. The molecule has 2 fully saturated rings. The van der Waals surface area contributed by atoms with Crippen LogP contribution >= 0.6 is 0 Å². The molecule has 1 aromatic heterocycles. The zero-order valence-electron chi connectivity index (χ0n) is 16.3. The van der Waals surface area contributed by atoms with Crippen LogP contribution in [0.3, 0.4) is 0 Å². The number of rotatable bonds is 3.